The van der Waals surface area contributed by atoms with Crippen molar-refractivity contribution in [2.24, 2.45) is 0 Å². The highest BCUT2D eigenvalue weighted by Crippen LogP contribution is 2.37. The largest absolute Gasteiger partial charge is 0.493 e. The first kappa shape index (κ1) is 16.0. The molecule has 1 heterocycles. The number of hydrogen-bond donors (Lipinski definition) is 1. The molecule has 1 atom stereocenters. The molecule has 0 aliphatic carbocycles. The lowest BCUT2D eigenvalue weighted by Crippen LogP contribution is -2.39. The lowest BCUT2D eigenvalue weighted by Gasteiger charge is -2.30. The van der Waals surface area contributed by atoms with Gasteiger partial charge in [-0.2, -0.15) is 5.10 Å². The molecule has 0 bridgehead atoms. The van der Waals surface area contributed by atoms with Crippen LogP contribution in [0.15, 0.2) is 6.20 Å². The van der Waals surface area contributed by atoms with Crippen LogP contribution in [0, 0.1) is 0 Å². The van der Waals surface area contributed by atoms with Crippen LogP contribution >= 0.6 is 0 Å². The molecule has 7 heteroatoms. The second kappa shape index (κ2) is 5.13. The highest BCUT2D eigenvalue weighted by Gasteiger charge is 2.42. The fourth-order valence-electron chi connectivity index (χ4n) is 1.72. The summed E-state index contributed by atoms with van der Waals surface area (Å²) in [7, 11) is -1.98. The molecular weight excluding hydrogens is 268 g/mol. The molecule has 1 N–H and O–H groups in total. The van der Waals surface area contributed by atoms with Gasteiger partial charge in [0.2, 0.25) is 0 Å². The fraction of sp³-hybridized carbons (Fsp3) is 0.750. The second-order valence-electron chi connectivity index (χ2n) is 5.41. The van der Waals surface area contributed by atoms with Crippen LogP contribution in [0.1, 0.15) is 45.5 Å². The predicted molar refractivity (Wildman–Crippen MR) is 73.0 cm³/mol. The van der Waals surface area contributed by atoms with Gasteiger partial charge in [-0.05, 0) is 27.7 Å². The zero-order valence-corrected chi connectivity index (χ0v) is 13.0. The molecule has 110 valence electrons. The number of aromatic nitrogens is 2. The maximum atomic E-state index is 11.8. The van der Waals surface area contributed by atoms with Crippen molar-refractivity contribution in [3.05, 3.63) is 11.9 Å². The van der Waals surface area contributed by atoms with Crippen molar-refractivity contribution in [1.82, 2.24) is 9.78 Å². The molecule has 0 radical (unpaired) electrons. The van der Waals surface area contributed by atoms with E-state index in [2.05, 4.69) is 5.10 Å². The van der Waals surface area contributed by atoms with Crippen molar-refractivity contribution in [2.45, 2.75) is 44.6 Å². The quantitative estimate of drug-likeness (QED) is 0.884. The molecule has 0 amide bonds. The molecule has 0 aliphatic rings. The van der Waals surface area contributed by atoms with E-state index in [0.29, 0.717) is 11.4 Å². The minimum Gasteiger partial charge on any atom is -0.493 e. The van der Waals surface area contributed by atoms with E-state index in [1.807, 2.05) is 13.8 Å². The number of methoxy groups -OCH3 is 1. The van der Waals surface area contributed by atoms with Crippen LogP contribution in [0.4, 0.5) is 0 Å². The summed E-state index contributed by atoms with van der Waals surface area (Å²) in [6, 6.07) is -0.0103. The van der Waals surface area contributed by atoms with Gasteiger partial charge in [0.05, 0.1) is 18.1 Å². The Morgan fingerprint density at radius 1 is 1.42 bits per heavy atom. The number of ether oxygens (including phenoxy) is 1. The summed E-state index contributed by atoms with van der Waals surface area (Å²) in [5.41, 5.74) is 0.382. The Morgan fingerprint density at radius 3 is 2.32 bits per heavy atom. The molecule has 6 nitrogen and oxygen atoms in total. The summed E-state index contributed by atoms with van der Waals surface area (Å²) in [6.07, 6.45) is 1.37. The number of aliphatic hydroxyl groups excluding tert-OH is 1. The van der Waals surface area contributed by atoms with Crippen molar-refractivity contribution in [3.63, 3.8) is 0 Å². The Morgan fingerprint density at radius 2 is 1.95 bits per heavy atom. The summed E-state index contributed by atoms with van der Waals surface area (Å²) < 4.78 is 29.1. The van der Waals surface area contributed by atoms with Gasteiger partial charge >= 0.3 is 0 Å². The van der Waals surface area contributed by atoms with Crippen LogP contribution in [0.5, 0.6) is 5.75 Å². The van der Waals surface area contributed by atoms with Crippen molar-refractivity contribution in [1.29, 1.82) is 0 Å². The van der Waals surface area contributed by atoms with E-state index >= 15 is 0 Å². The monoisotopic (exact) mass is 290 g/mol. The topological polar surface area (TPSA) is 81.4 Å². The number of nitrogens with zero attached hydrogens (tertiary/aromatic N) is 2. The Labute approximate surface area is 114 Å². The predicted octanol–water partition coefficient (Wildman–Crippen LogP) is 1.33. The van der Waals surface area contributed by atoms with E-state index in [1.54, 1.807) is 4.68 Å². The summed E-state index contributed by atoms with van der Waals surface area (Å²) in [4.78, 5) is 0. The Bertz CT molecular complexity index is 546. The van der Waals surface area contributed by atoms with Crippen molar-refractivity contribution in [3.8, 4) is 5.75 Å². The fourth-order valence-corrected chi connectivity index (χ4v) is 2.23. The van der Waals surface area contributed by atoms with Crippen LogP contribution in [0.2, 0.25) is 0 Å². The van der Waals surface area contributed by atoms with Crippen molar-refractivity contribution in [2.75, 3.05) is 13.4 Å². The molecule has 1 unspecified atom stereocenters. The summed E-state index contributed by atoms with van der Waals surface area (Å²) >= 11 is 0. The van der Waals surface area contributed by atoms with Gasteiger partial charge < -0.3 is 9.84 Å². The normalized spacial score (nSPS) is 14.7. The molecule has 0 saturated carbocycles. The lowest BCUT2D eigenvalue weighted by molar-refractivity contribution is 0.124. The van der Waals surface area contributed by atoms with E-state index < -0.39 is 20.7 Å². The van der Waals surface area contributed by atoms with E-state index in [4.69, 9.17) is 4.74 Å². The zero-order chi connectivity index (χ0) is 15.0. The number of aliphatic hydroxyl groups is 1. The van der Waals surface area contributed by atoms with Gasteiger partial charge in [0.15, 0.2) is 15.6 Å². The van der Waals surface area contributed by atoms with Crippen molar-refractivity contribution >= 4 is 9.84 Å². The average molecular weight is 290 g/mol. The van der Waals surface area contributed by atoms with Crippen LogP contribution in [0.3, 0.4) is 0 Å². The van der Waals surface area contributed by atoms with E-state index in [1.165, 1.54) is 27.2 Å². The van der Waals surface area contributed by atoms with Crippen molar-refractivity contribution < 1.29 is 18.3 Å². The maximum Gasteiger partial charge on any atom is 0.162 e. The van der Waals surface area contributed by atoms with Gasteiger partial charge in [-0.25, -0.2) is 8.42 Å². The molecule has 1 rings (SSSR count). The minimum atomic E-state index is -3.44. The van der Waals surface area contributed by atoms with Gasteiger partial charge in [0, 0.05) is 12.3 Å². The third-order valence-electron chi connectivity index (χ3n) is 3.38. The first-order valence-corrected chi connectivity index (χ1v) is 7.92. The first-order chi connectivity index (χ1) is 8.54. The maximum absolute atomic E-state index is 11.8. The van der Waals surface area contributed by atoms with Gasteiger partial charge in [-0.15, -0.1) is 0 Å². The lowest BCUT2D eigenvalue weighted by atomic mass is 10.0. The highest BCUT2D eigenvalue weighted by molar-refractivity contribution is 7.92. The number of sulfone groups is 1. The number of hydrogen-bond acceptors (Lipinski definition) is 5. The minimum absolute atomic E-state index is 0.0103. The van der Waals surface area contributed by atoms with Crippen LogP contribution in [-0.2, 0) is 9.84 Å². The van der Waals surface area contributed by atoms with Crippen LogP contribution in [0.25, 0.3) is 0 Å². The summed E-state index contributed by atoms with van der Waals surface area (Å²) in [5.74, 6) is 0.387. The summed E-state index contributed by atoms with van der Waals surface area (Å²) in [5, 5.41) is 14.6. The van der Waals surface area contributed by atoms with Crippen LogP contribution in [-0.4, -0.2) is 41.4 Å². The van der Waals surface area contributed by atoms with Gasteiger partial charge in [0.25, 0.3) is 0 Å². The Kier molecular flexibility index (Phi) is 4.31. The standard InChI is InChI=1S/C12H22N2O4S/c1-8(2)14-10(9(18-5)7-13-14)11(15)12(3,4)19(6,16)17/h7-8,11,15H,1-6H3. The molecule has 1 aromatic rings. The third-order valence-corrected chi connectivity index (χ3v) is 5.52. The zero-order valence-electron chi connectivity index (χ0n) is 12.2. The highest BCUT2D eigenvalue weighted by atomic mass is 32.2. The van der Waals surface area contributed by atoms with Gasteiger partial charge in [-0.1, -0.05) is 0 Å². The molecule has 0 aromatic carbocycles. The Balaban J connectivity index is 3.41. The molecule has 0 fully saturated rings. The number of rotatable bonds is 5. The van der Waals surface area contributed by atoms with Gasteiger partial charge in [0.1, 0.15) is 11.8 Å². The first-order valence-electron chi connectivity index (χ1n) is 6.03. The second-order valence-corrected chi connectivity index (χ2v) is 8.01. The third kappa shape index (κ3) is 2.76. The van der Waals surface area contributed by atoms with E-state index in [-0.39, 0.29) is 6.04 Å². The smallest absolute Gasteiger partial charge is 0.162 e. The van der Waals surface area contributed by atoms with Gasteiger partial charge in [-0.3, -0.25) is 4.68 Å². The molecule has 19 heavy (non-hydrogen) atoms. The molecule has 0 saturated heterocycles. The van der Waals surface area contributed by atoms with E-state index in [0.717, 1.165) is 6.26 Å². The van der Waals surface area contributed by atoms with Crippen LogP contribution < -0.4 is 4.74 Å². The average Bonchev–Trinajstić information content (AvgIpc) is 2.69. The molecule has 1 aromatic heterocycles. The SMILES string of the molecule is COc1cnn(C(C)C)c1C(O)C(C)(C)S(C)(=O)=O. The van der Waals surface area contributed by atoms with E-state index in [9.17, 15) is 13.5 Å². The molecule has 0 aliphatic heterocycles. The summed E-state index contributed by atoms with van der Waals surface area (Å²) in [6.45, 7) is 6.78. The molecular formula is C12H22N2O4S. The molecule has 0 spiro atoms. The Hall–Kier alpha value is -1.08.